The third-order valence-corrected chi connectivity index (χ3v) is 3.81. The van der Waals surface area contributed by atoms with Crippen LogP contribution in [0.4, 0.5) is 0 Å². The van der Waals surface area contributed by atoms with E-state index in [0.717, 1.165) is 22.4 Å². The lowest BCUT2D eigenvalue weighted by Crippen LogP contribution is -2.08. The maximum atomic E-state index is 5.71. The molecule has 2 rings (SSSR count). The standard InChI is InChI=1S/C8H16.C7H7Cl/c1-7-3-5-8(2)6-4-7;1-6-4-2-3-5-7(6)8/h7-8H,3-6H2,1-2H3;2-5H,1H3. The first-order chi connectivity index (χ1) is 7.59. The highest BCUT2D eigenvalue weighted by atomic mass is 35.5. The fourth-order valence-electron chi connectivity index (χ4n) is 1.98. The number of rotatable bonds is 0. The van der Waals surface area contributed by atoms with Gasteiger partial charge < -0.3 is 0 Å². The summed E-state index contributed by atoms with van der Waals surface area (Å²) < 4.78 is 0. The Morgan fingerprint density at radius 1 is 0.938 bits per heavy atom. The molecule has 1 aromatic rings. The van der Waals surface area contributed by atoms with Crippen LogP contribution in [-0.4, -0.2) is 0 Å². The molecule has 0 radical (unpaired) electrons. The number of halogens is 1. The average Bonchev–Trinajstić information content (AvgIpc) is 2.28. The Morgan fingerprint density at radius 2 is 1.38 bits per heavy atom. The van der Waals surface area contributed by atoms with E-state index in [1.165, 1.54) is 25.7 Å². The lowest BCUT2D eigenvalue weighted by molar-refractivity contribution is 0.308. The van der Waals surface area contributed by atoms with Crippen LogP contribution in [0.3, 0.4) is 0 Å². The van der Waals surface area contributed by atoms with Gasteiger partial charge in [-0.2, -0.15) is 0 Å². The van der Waals surface area contributed by atoms with Crippen molar-refractivity contribution >= 4 is 11.6 Å². The molecule has 0 amide bonds. The second kappa shape index (κ2) is 6.96. The van der Waals surface area contributed by atoms with E-state index in [2.05, 4.69) is 13.8 Å². The van der Waals surface area contributed by atoms with E-state index in [-0.39, 0.29) is 0 Å². The van der Waals surface area contributed by atoms with Gasteiger partial charge in [0.05, 0.1) is 0 Å². The molecule has 0 aliphatic heterocycles. The number of hydrogen-bond donors (Lipinski definition) is 0. The van der Waals surface area contributed by atoms with Crippen molar-refractivity contribution in [3.8, 4) is 0 Å². The highest BCUT2D eigenvalue weighted by molar-refractivity contribution is 6.31. The van der Waals surface area contributed by atoms with Gasteiger partial charge in [0.25, 0.3) is 0 Å². The predicted octanol–water partition coefficient (Wildman–Crippen LogP) is 5.48. The summed E-state index contributed by atoms with van der Waals surface area (Å²) in [5.41, 5.74) is 1.13. The zero-order chi connectivity index (χ0) is 12.0. The average molecular weight is 239 g/mol. The van der Waals surface area contributed by atoms with E-state index in [1.54, 1.807) is 0 Å². The van der Waals surface area contributed by atoms with E-state index < -0.39 is 0 Å². The Balaban J connectivity index is 0.000000160. The van der Waals surface area contributed by atoms with E-state index in [0.29, 0.717) is 0 Å². The van der Waals surface area contributed by atoms with Gasteiger partial charge in [-0.15, -0.1) is 0 Å². The van der Waals surface area contributed by atoms with Crippen LogP contribution in [0.1, 0.15) is 45.1 Å². The molecule has 1 heteroatoms. The molecule has 0 saturated heterocycles. The Hall–Kier alpha value is -0.490. The number of aryl methyl sites for hydroxylation is 1. The van der Waals surface area contributed by atoms with E-state index in [4.69, 9.17) is 11.6 Å². The summed E-state index contributed by atoms with van der Waals surface area (Å²) in [4.78, 5) is 0. The van der Waals surface area contributed by atoms with Crippen LogP contribution in [0.5, 0.6) is 0 Å². The van der Waals surface area contributed by atoms with Crippen molar-refractivity contribution in [1.29, 1.82) is 0 Å². The second-order valence-corrected chi connectivity index (χ2v) is 5.52. The summed E-state index contributed by atoms with van der Waals surface area (Å²) in [5, 5.41) is 0.840. The molecule has 16 heavy (non-hydrogen) atoms. The molecule has 1 saturated carbocycles. The van der Waals surface area contributed by atoms with Crippen molar-refractivity contribution in [2.24, 2.45) is 11.8 Å². The molecule has 1 aromatic carbocycles. The Morgan fingerprint density at radius 3 is 1.69 bits per heavy atom. The Labute approximate surface area is 105 Å². The summed E-state index contributed by atoms with van der Waals surface area (Å²) in [6, 6.07) is 7.77. The maximum Gasteiger partial charge on any atom is 0.0435 e. The van der Waals surface area contributed by atoms with Gasteiger partial charge in [-0.25, -0.2) is 0 Å². The molecule has 0 N–H and O–H groups in total. The first kappa shape index (κ1) is 13.6. The summed E-state index contributed by atoms with van der Waals surface area (Å²) in [5.74, 6) is 2.04. The Kier molecular flexibility index (Phi) is 5.90. The molecule has 0 unspecified atom stereocenters. The molecule has 0 nitrogen and oxygen atoms in total. The van der Waals surface area contributed by atoms with Gasteiger partial charge in [-0.05, 0) is 30.4 Å². The van der Waals surface area contributed by atoms with Gasteiger partial charge in [-0.3, -0.25) is 0 Å². The molecule has 1 aliphatic rings. The second-order valence-electron chi connectivity index (χ2n) is 5.11. The van der Waals surface area contributed by atoms with Crippen LogP contribution in [0.2, 0.25) is 5.02 Å². The van der Waals surface area contributed by atoms with Crippen molar-refractivity contribution in [3.63, 3.8) is 0 Å². The predicted molar refractivity (Wildman–Crippen MR) is 73.0 cm³/mol. The van der Waals surface area contributed by atoms with E-state index in [9.17, 15) is 0 Å². The molecule has 90 valence electrons. The topological polar surface area (TPSA) is 0 Å². The first-order valence-electron chi connectivity index (χ1n) is 6.30. The molecule has 0 bridgehead atoms. The zero-order valence-electron chi connectivity index (χ0n) is 10.7. The van der Waals surface area contributed by atoms with Crippen molar-refractivity contribution in [3.05, 3.63) is 34.9 Å². The fraction of sp³-hybridized carbons (Fsp3) is 0.600. The third-order valence-electron chi connectivity index (χ3n) is 3.38. The van der Waals surface area contributed by atoms with Crippen molar-refractivity contribution in [2.75, 3.05) is 0 Å². The molecule has 1 aliphatic carbocycles. The van der Waals surface area contributed by atoms with Gasteiger partial charge in [0.2, 0.25) is 0 Å². The van der Waals surface area contributed by atoms with Gasteiger partial charge in [0.15, 0.2) is 0 Å². The van der Waals surface area contributed by atoms with Gasteiger partial charge in [-0.1, -0.05) is 69.3 Å². The third kappa shape index (κ3) is 5.03. The minimum Gasteiger partial charge on any atom is -0.0841 e. The summed E-state index contributed by atoms with van der Waals surface area (Å²) in [7, 11) is 0. The van der Waals surface area contributed by atoms with Gasteiger partial charge in [0, 0.05) is 5.02 Å². The number of hydrogen-bond acceptors (Lipinski definition) is 0. The van der Waals surface area contributed by atoms with Crippen LogP contribution in [0.15, 0.2) is 24.3 Å². The lowest BCUT2D eigenvalue weighted by atomic mass is 9.84. The van der Waals surface area contributed by atoms with Crippen LogP contribution < -0.4 is 0 Å². The summed E-state index contributed by atoms with van der Waals surface area (Å²) in [6.07, 6.45) is 5.89. The summed E-state index contributed by atoms with van der Waals surface area (Å²) >= 11 is 5.71. The molecule has 0 aromatic heterocycles. The normalized spacial score (nSPS) is 24.5. The van der Waals surface area contributed by atoms with Gasteiger partial charge >= 0.3 is 0 Å². The molecule has 0 heterocycles. The van der Waals surface area contributed by atoms with Crippen LogP contribution >= 0.6 is 11.6 Å². The highest BCUT2D eigenvalue weighted by Crippen LogP contribution is 2.27. The van der Waals surface area contributed by atoms with Crippen molar-refractivity contribution in [1.82, 2.24) is 0 Å². The van der Waals surface area contributed by atoms with Crippen molar-refractivity contribution in [2.45, 2.75) is 46.5 Å². The largest absolute Gasteiger partial charge is 0.0841 e. The molecule has 0 atom stereocenters. The smallest absolute Gasteiger partial charge is 0.0435 e. The highest BCUT2D eigenvalue weighted by Gasteiger charge is 2.13. The quantitative estimate of drug-likeness (QED) is 0.561. The minimum atomic E-state index is 0.840. The van der Waals surface area contributed by atoms with E-state index in [1.807, 2.05) is 31.2 Å². The zero-order valence-corrected chi connectivity index (χ0v) is 11.4. The minimum absolute atomic E-state index is 0.840. The van der Waals surface area contributed by atoms with Crippen LogP contribution in [0, 0.1) is 18.8 Å². The first-order valence-corrected chi connectivity index (χ1v) is 6.68. The van der Waals surface area contributed by atoms with Crippen molar-refractivity contribution < 1.29 is 0 Å². The maximum absolute atomic E-state index is 5.71. The molecule has 0 spiro atoms. The lowest BCUT2D eigenvalue weighted by Gasteiger charge is -2.22. The SMILES string of the molecule is CC1CCC(C)CC1.Cc1ccccc1Cl. The Bertz CT molecular complexity index is 267. The van der Waals surface area contributed by atoms with Crippen LogP contribution in [0.25, 0.3) is 0 Å². The fourth-order valence-corrected chi connectivity index (χ4v) is 2.11. The number of benzene rings is 1. The summed E-state index contributed by atoms with van der Waals surface area (Å²) in [6.45, 7) is 6.72. The van der Waals surface area contributed by atoms with E-state index >= 15 is 0 Å². The molecular formula is C15H23Cl. The van der Waals surface area contributed by atoms with Gasteiger partial charge in [0.1, 0.15) is 0 Å². The monoisotopic (exact) mass is 238 g/mol. The molecule has 1 fully saturated rings. The molecular weight excluding hydrogens is 216 g/mol. The van der Waals surface area contributed by atoms with Crippen LogP contribution in [-0.2, 0) is 0 Å².